The Balaban J connectivity index is 1.68. The van der Waals surface area contributed by atoms with E-state index in [-0.39, 0.29) is 11.1 Å². The minimum Gasteiger partial charge on any atom is -0.339 e. The third-order valence-electron chi connectivity index (χ3n) is 4.82. The average Bonchev–Trinajstić information content (AvgIpc) is 2.90. The highest BCUT2D eigenvalue weighted by atomic mass is 35.5. The first-order chi connectivity index (χ1) is 9.60. The molecule has 0 unspecified atom stereocenters. The van der Waals surface area contributed by atoms with Crippen molar-refractivity contribution in [1.29, 1.82) is 0 Å². The molecule has 1 saturated carbocycles. The zero-order valence-corrected chi connectivity index (χ0v) is 12.9. The molecule has 1 amide bonds. The topological polar surface area (TPSA) is 33.2 Å². The molecule has 0 N–H and O–H groups in total. The molecule has 2 aliphatic rings. The van der Waals surface area contributed by atoms with Crippen molar-refractivity contribution < 1.29 is 4.79 Å². The molecule has 0 atom stereocenters. The van der Waals surface area contributed by atoms with Crippen LogP contribution in [0.25, 0.3) is 0 Å². The minimum atomic E-state index is 0.0175. The number of amides is 1. The number of carbonyl (C=O) groups is 1. The molecule has 0 aromatic carbocycles. The Morgan fingerprint density at radius 3 is 2.40 bits per heavy atom. The van der Waals surface area contributed by atoms with Gasteiger partial charge in [0.1, 0.15) is 5.15 Å². The normalized spacial score (nSPS) is 21.4. The molecule has 1 saturated heterocycles. The third kappa shape index (κ3) is 2.66. The second-order valence-electron chi connectivity index (χ2n) is 6.00. The Morgan fingerprint density at radius 2 is 1.80 bits per heavy atom. The lowest BCUT2D eigenvalue weighted by Crippen LogP contribution is -2.42. The lowest BCUT2D eigenvalue weighted by molar-refractivity contribution is 0.0587. The van der Waals surface area contributed by atoms with Gasteiger partial charge < -0.3 is 4.90 Å². The first-order valence-corrected chi connectivity index (χ1v) is 7.96. The highest BCUT2D eigenvalue weighted by Gasteiger charge is 2.38. The van der Waals surface area contributed by atoms with Crippen molar-refractivity contribution in [2.24, 2.45) is 5.41 Å². The molecule has 1 aromatic heterocycles. The van der Waals surface area contributed by atoms with Gasteiger partial charge in [0.25, 0.3) is 5.91 Å². The van der Waals surface area contributed by atoms with E-state index in [1.807, 2.05) is 4.90 Å². The van der Waals surface area contributed by atoms with Crippen LogP contribution < -0.4 is 0 Å². The summed E-state index contributed by atoms with van der Waals surface area (Å²) >= 11 is 11.7. The molecule has 5 heteroatoms. The quantitative estimate of drug-likeness (QED) is 0.729. The van der Waals surface area contributed by atoms with E-state index in [1.54, 1.807) is 6.07 Å². The number of hydrogen-bond donors (Lipinski definition) is 0. The van der Waals surface area contributed by atoms with Gasteiger partial charge in [-0.25, -0.2) is 4.98 Å². The van der Waals surface area contributed by atoms with Gasteiger partial charge in [0.2, 0.25) is 0 Å². The van der Waals surface area contributed by atoms with Gasteiger partial charge in [-0.1, -0.05) is 36.0 Å². The van der Waals surface area contributed by atoms with E-state index in [4.69, 9.17) is 23.2 Å². The number of nitrogens with zero attached hydrogens (tertiary/aromatic N) is 2. The minimum absolute atomic E-state index is 0.0175. The summed E-state index contributed by atoms with van der Waals surface area (Å²) in [5.74, 6) is 0.0175. The predicted octanol–water partition coefficient (Wildman–Crippen LogP) is 4.18. The van der Waals surface area contributed by atoms with E-state index in [9.17, 15) is 4.79 Å². The summed E-state index contributed by atoms with van der Waals surface area (Å²) < 4.78 is 0. The second-order valence-corrected chi connectivity index (χ2v) is 6.76. The summed E-state index contributed by atoms with van der Waals surface area (Å²) in [6, 6.07) is 1.61. The maximum atomic E-state index is 12.5. The smallest absolute Gasteiger partial charge is 0.255 e. The van der Waals surface area contributed by atoms with Crippen LogP contribution in [0.15, 0.2) is 12.3 Å². The summed E-state index contributed by atoms with van der Waals surface area (Å²) in [6.45, 7) is 1.69. The van der Waals surface area contributed by atoms with Gasteiger partial charge >= 0.3 is 0 Å². The molecule has 1 aliphatic carbocycles. The van der Waals surface area contributed by atoms with Gasteiger partial charge in [-0.2, -0.15) is 0 Å². The highest BCUT2D eigenvalue weighted by molar-refractivity contribution is 6.41. The first-order valence-electron chi connectivity index (χ1n) is 7.20. The summed E-state index contributed by atoms with van der Waals surface area (Å²) in [5.41, 5.74) is 1.05. The van der Waals surface area contributed by atoms with E-state index in [0.717, 1.165) is 25.9 Å². The van der Waals surface area contributed by atoms with Crippen molar-refractivity contribution in [1.82, 2.24) is 9.88 Å². The molecular formula is C15H18Cl2N2O. The molecule has 3 nitrogen and oxygen atoms in total. The van der Waals surface area contributed by atoms with Gasteiger partial charge in [-0.05, 0) is 37.2 Å². The molecule has 1 aliphatic heterocycles. The molecule has 3 rings (SSSR count). The molecule has 2 heterocycles. The molecule has 2 fully saturated rings. The summed E-state index contributed by atoms with van der Waals surface area (Å²) in [4.78, 5) is 18.3. The van der Waals surface area contributed by atoms with Gasteiger partial charge in [-0.15, -0.1) is 0 Å². The number of hydrogen-bond acceptors (Lipinski definition) is 2. The highest BCUT2D eigenvalue weighted by Crippen LogP contribution is 2.46. The van der Waals surface area contributed by atoms with Crippen LogP contribution >= 0.6 is 23.2 Å². The van der Waals surface area contributed by atoms with Gasteiger partial charge in [0.05, 0.1) is 10.6 Å². The van der Waals surface area contributed by atoms with Crippen LogP contribution in [0.1, 0.15) is 48.9 Å². The lowest BCUT2D eigenvalue weighted by atomic mass is 9.77. The zero-order chi connectivity index (χ0) is 14.2. The maximum absolute atomic E-state index is 12.5. The van der Waals surface area contributed by atoms with Gasteiger partial charge in [0, 0.05) is 19.3 Å². The fourth-order valence-electron chi connectivity index (χ4n) is 3.53. The second kappa shape index (κ2) is 5.53. The summed E-state index contributed by atoms with van der Waals surface area (Å²) in [7, 11) is 0. The largest absolute Gasteiger partial charge is 0.339 e. The van der Waals surface area contributed by atoms with Crippen LogP contribution in [0.2, 0.25) is 10.2 Å². The molecule has 0 bridgehead atoms. The number of halogens is 2. The Hall–Kier alpha value is -0.800. The zero-order valence-electron chi connectivity index (χ0n) is 11.4. The SMILES string of the molecule is O=C(c1cnc(Cl)c(Cl)c1)N1CCC2(CCCC2)CC1. The van der Waals surface area contributed by atoms with E-state index in [1.165, 1.54) is 31.9 Å². The average molecular weight is 313 g/mol. The van der Waals surface area contributed by atoms with Crippen LogP contribution in [-0.4, -0.2) is 28.9 Å². The fourth-order valence-corrected chi connectivity index (χ4v) is 3.80. The van der Waals surface area contributed by atoms with Crippen molar-refractivity contribution in [2.45, 2.75) is 38.5 Å². The first kappa shape index (κ1) is 14.2. The molecule has 1 aromatic rings. The van der Waals surface area contributed by atoms with Gasteiger partial charge in [-0.3, -0.25) is 4.79 Å². The Labute approximate surface area is 129 Å². The third-order valence-corrected chi connectivity index (χ3v) is 5.50. The van der Waals surface area contributed by atoms with E-state index >= 15 is 0 Å². The van der Waals surface area contributed by atoms with Crippen LogP contribution in [0.4, 0.5) is 0 Å². The van der Waals surface area contributed by atoms with Crippen LogP contribution in [0, 0.1) is 5.41 Å². The van der Waals surface area contributed by atoms with E-state index < -0.39 is 0 Å². The number of likely N-dealkylation sites (tertiary alicyclic amines) is 1. The predicted molar refractivity (Wildman–Crippen MR) is 80.3 cm³/mol. The fraction of sp³-hybridized carbons (Fsp3) is 0.600. The Kier molecular flexibility index (Phi) is 3.91. The van der Waals surface area contributed by atoms with Crippen molar-refractivity contribution in [3.05, 3.63) is 28.0 Å². The lowest BCUT2D eigenvalue weighted by Gasteiger charge is -2.39. The Morgan fingerprint density at radius 1 is 1.15 bits per heavy atom. The van der Waals surface area contributed by atoms with E-state index in [2.05, 4.69) is 4.98 Å². The number of carbonyl (C=O) groups excluding carboxylic acids is 1. The molecule has 108 valence electrons. The van der Waals surface area contributed by atoms with Crippen LogP contribution in [0.5, 0.6) is 0 Å². The van der Waals surface area contributed by atoms with Crippen molar-refractivity contribution in [2.75, 3.05) is 13.1 Å². The summed E-state index contributed by atoms with van der Waals surface area (Å²) in [6.07, 6.45) is 9.15. The molecular weight excluding hydrogens is 295 g/mol. The van der Waals surface area contributed by atoms with Crippen molar-refractivity contribution >= 4 is 29.1 Å². The summed E-state index contributed by atoms with van der Waals surface area (Å²) in [5, 5.41) is 0.577. The molecule has 1 spiro atoms. The van der Waals surface area contributed by atoms with Crippen molar-refractivity contribution in [3.8, 4) is 0 Å². The number of piperidine rings is 1. The number of rotatable bonds is 1. The maximum Gasteiger partial charge on any atom is 0.255 e. The number of aromatic nitrogens is 1. The molecule has 20 heavy (non-hydrogen) atoms. The van der Waals surface area contributed by atoms with Gasteiger partial charge in [0.15, 0.2) is 0 Å². The number of pyridine rings is 1. The van der Waals surface area contributed by atoms with Crippen molar-refractivity contribution in [3.63, 3.8) is 0 Å². The monoisotopic (exact) mass is 312 g/mol. The standard InChI is InChI=1S/C15H18Cl2N2O/c16-12-9-11(10-18-13(12)17)14(20)19-7-5-15(6-8-19)3-1-2-4-15/h9-10H,1-8H2. The van der Waals surface area contributed by atoms with Crippen LogP contribution in [-0.2, 0) is 0 Å². The molecule has 0 radical (unpaired) electrons. The Bertz CT molecular complexity index is 517. The van der Waals surface area contributed by atoms with E-state index in [0.29, 0.717) is 16.0 Å². The van der Waals surface area contributed by atoms with Crippen LogP contribution in [0.3, 0.4) is 0 Å².